The minimum absolute atomic E-state index is 0.0200. The molecule has 1 aliphatic rings. The molecule has 1 fully saturated rings. The molecule has 1 aliphatic heterocycles. The molecule has 0 saturated carbocycles. The molecular weight excluding hydrogens is 498 g/mol. The summed E-state index contributed by atoms with van der Waals surface area (Å²) in [7, 11) is 0. The second-order valence-electron chi connectivity index (χ2n) is 8.60. The van der Waals surface area contributed by atoms with Gasteiger partial charge >= 0.3 is 0 Å². The van der Waals surface area contributed by atoms with Gasteiger partial charge in [-0.05, 0) is 50.1 Å². The third kappa shape index (κ3) is 5.92. The monoisotopic (exact) mass is 523 g/mol. The maximum Gasteiger partial charge on any atom is 0.262 e. The lowest BCUT2D eigenvalue weighted by Gasteiger charge is -2.13. The molecule has 2 N–H and O–H groups in total. The number of carbonyl (C=O) groups is 2. The van der Waals surface area contributed by atoms with Gasteiger partial charge in [-0.1, -0.05) is 16.9 Å². The van der Waals surface area contributed by atoms with E-state index in [9.17, 15) is 14.4 Å². The molecule has 0 radical (unpaired) electrons. The minimum atomic E-state index is -0.334. The van der Waals surface area contributed by atoms with E-state index < -0.39 is 0 Å². The first-order valence-electron chi connectivity index (χ1n) is 11.8. The molecule has 3 aromatic heterocycles. The summed E-state index contributed by atoms with van der Waals surface area (Å²) >= 11 is 1.10. The first kappa shape index (κ1) is 24.8. The molecule has 1 saturated heterocycles. The van der Waals surface area contributed by atoms with Crippen LogP contribution in [0.25, 0.3) is 10.9 Å². The molecule has 2 amide bonds. The zero-order valence-corrected chi connectivity index (χ0v) is 20.9. The number of hydrogen-bond acceptors (Lipinski definition) is 9. The van der Waals surface area contributed by atoms with Crippen LogP contribution < -0.4 is 16.2 Å². The maximum atomic E-state index is 13.4. The summed E-state index contributed by atoms with van der Waals surface area (Å²) in [6.45, 7) is 3.00. The number of fused-ring (bicyclic) bond motifs is 1. The number of anilines is 1. The van der Waals surface area contributed by atoms with Gasteiger partial charge in [0, 0.05) is 24.8 Å². The van der Waals surface area contributed by atoms with Gasteiger partial charge in [-0.3, -0.25) is 19.0 Å². The zero-order valence-electron chi connectivity index (χ0n) is 20.1. The summed E-state index contributed by atoms with van der Waals surface area (Å²) in [5.74, 6) is 0.819. The second kappa shape index (κ2) is 11.0. The van der Waals surface area contributed by atoms with Gasteiger partial charge in [-0.25, -0.2) is 4.98 Å². The van der Waals surface area contributed by atoms with Gasteiger partial charge in [0.15, 0.2) is 11.0 Å². The predicted molar refractivity (Wildman–Crippen MR) is 136 cm³/mol. The molecule has 4 aromatic rings. The summed E-state index contributed by atoms with van der Waals surface area (Å²) in [5.41, 5.74) is 0.444. The minimum Gasteiger partial charge on any atom is -0.467 e. The quantitative estimate of drug-likeness (QED) is 0.250. The van der Waals surface area contributed by atoms with E-state index in [0.29, 0.717) is 52.1 Å². The number of ether oxygens (including phenoxy) is 1. The van der Waals surface area contributed by atoms with Crippen molar-refractivity contribution in [3.05, 3.63) is 70.1 Å². The fourth-order valence-corrected chi connectivity index (χ4v) is 4.80. The molecule has 11 nitrogen and oxygen atoms in total. The summed E-state index contributed by atoms with van der Waals surface area (Å²) in [5, 5.41) is 9.96. The number of thioether (sulfide) groups is 1. The van der Waals surface area contributed by atoms with Gasteiger partial charge in [0.1, 0.15) is 11.5 Å². The van der Waals surface area contributed by atoms with Crippen molar-refractivity contribution >= 4 is 40.3 Å². The van der Waals surface area contributed by atoms with E-state index in [0.717, 1.165) is 24.6 Å². The first-order valence-corrected chi connectivity index (χ1v) is 12.8. The molecule has 0 bridgehead atoms. The number of benzene rings is 1. The largest absolute Gasteiger partial charge is 0.467 e. The highest BCUT2D eigenvalue weighted by molar-refractivity contribution is 7.99. The molecule has 4 heterocycles. The van der Waals surface area contributed by atoms with E-state index >= 15 is 0 Å². The lowest BCUT2D eigenvalue weighted by molar-refractivity contribution is -0.113. The van der Waals surface area contributed by atoms with Crippen LogP contribution in [0.4, 0.5) is 5.82 Å². The van der Waals surface area contributed by atoms with Crippen molar-refractivity contribution in [2.75, 3.05) is 24.2 Å². The van der Waals surface area contributed by atoms with Crippen LogP contribution in [0.5, 0.6) is 0 Å². The number of hydrogen-bond donors (Lipinski definition) is 2. The highest BCUT2D eigenvalue weighted by Crippen LogP contribution is 2.21. The van der Waals surface area contributed by atoms with E-state index in [-0.39, 0.29) is 35.8 Å². The van der Waals surface area contributed by atoms with Crippen molar-refractivity contribution < 1.29 is 23.3 Å². The third-order valence-corrected chi connectivity index (χ3v) is 6.80. The van der Waals surface area contributed by atoms with Crippen molar-refractivity contribution in [3.8, 4) is 0 Å². The van der Waals surface area contributed by atoms with E-state index in [1.165, 1.54) is 10.8 Å². The number of carbonyl (C=O) groups excluding carboxylic acids is 2. The smallest absolute Gasteiger partial charge is 0.262 e. The fraction of sp³-hybridized carbons (Fsp3) is 0.320. The number of rotatable bonds is 9. The number of furan rings is 1. The van der Waals surface area contributed by atoms with Gasteiger partial charge in [-0.2, -0.15) is 0 Å². The van der Waals surface area contributed by atoms with Gasteiger partial charge in [0.05, 0.1) is 35.6 Å². The van der Waals surface area contributed by atoms with Crippen LogP contribution in [0.15, 0.2) is 61.6 Å². The highest BCUT2D eigenvalue weighted by Gasteiger charge is 2.19. The number of aryl methyl sites for hydroxylation is 1. The highest BCUT2D eigenvalue weighted by atomic mass is 32.2. The molecule has 0 unspecified atom stereocenters. The van der Waals surface area contributed by atoms with Crippen molar-refractivity contribution in [1.82, 2.24) is 20.0 Å². The van der Waals surface area contributed by atoms with E-state index in [1.807, 2.05) is 0 Å². The number of aromatic nitrogens is 3. The van der Waals surface area contributed by atoms with Crippen molar-refractivity contribution in [2.45, 2.75) is 37.6 Å². The average molecular weight is 524 g/mol. The zero-order chi connectivity index (χ0) is 25.8. The van der Waals surface area contributed by atoms with Crippen LogP contribution in [0.2, 0.25) is 0 Å². The Hall–Kier alpha value is -3.90. The molecule has 0 aliphatic carbocycles. The molecule has 192 valence electrons. The van der Waals surface area contributed by atoms with Gasteiger partial charge < -0.3 is 24.3 Å². The predicted octanol–water partition coefficient (Wildman–Crippen LogP) is 2.97. The van der Waals surface area contributed by atoms with Crippen molar-refractivity contribution in [3.63, 3.8) is 0 Å². The van der Waals surface area contributed by atoms with Gasteiger partial charge in [0.25, 0.3) is 11.5 Å². The molecule has 37 heavy (non-hydrogen) atoms. The van der Waals surface area contributed by atoms with Crippen LogP contribution in [-0.4, -0.2) is 51.5 Å². The molecule has 1 atom stereocenters. The van der Waals surface area contributed by atoms with E-state index in [1.54, 1.807) is 43.3 Å². The number of nitrogens with zero attached hydrogens (tertiary/aromatic N) is 3. The van der Waals surface area contributed by atoms with E-state index in [4.69, 9.17) is 13.7 Å². The maximum absolute atomic E-state index is 13.4. The van der Waals surface area contributed by atoms with Crippen LogP contribution >= 0.6 is 11.8 Å². The summed E-state index contributed by atoms with van der Waals surface area (Å²) in [6.07, 6.45) is 3.45. The Balaban J connectivity index is 1.39. The Morgan fingerprint density at radius 1 is 1.24 bits per heavy atom. The summed E-state index contributed by atoms with van der Waals surface area (Å²) < 4.78 is 17.4. The summed E-state index contributed by atoms with van der Waals surface area (Å²) in [4.78, 5) is 43.3. The Kier molecular flexibility index (Phi) is 7.37. The van der Waals surface area contributed by atoms with Crippen molar-refractivity contribution in [1.29, 1.82) is 0 Å². The fourth-order valence-electron chi connectivity index (χ4n) is 4.00. The Morgan fingerprint density at radius 3 is 2.86 bits per heavy atom. The second-order valence-corrected chi connectivity index (χ2v) is 9.54. The first-order chi connectivity index (χ1) is 18.0. The number of nitrogens with one attached hydrogen (secondary N) is 2. The Labute approximate surface area is 215 Å². The molecular formula is C25H25N5O6S. The number of amides is 2. The van der Waals surface area contributed by atoms with Gasteiger partial charge in [0.2, 0.25) is 5.91 Å². The lowest BCUT2D eigenvalue weighted by atomic mass is 10.1. The van der Waals surface area contributed by atoms with Crippen molar-refractivity contribution in [2.24, 2.45) is 0 Å². The standard InChI is InChI=1S/C25H25N5O6S/c1-15-10-21(29-36-15)28-22(31)14-37-25-27-20-11-16(23(32)26-12-17-4-2-8-34-17)6-7-19(20)24(33)30(25)13-18-5-3-9-35-18/h3,5-7,9-11,17H,2,4,8,12-14H2,1H3,(H,26,32)(H,28,29,31)/t17-/m0/s1. The average Bonchev–Trinajstić information content (AvgIpc) is 3.67. The normalized spacial score (nSPS) is 15.2. The molecule has 5 rings (SSSR count). The summed E-state index contributed by atoms with van der Waals surface area (Å²) in [6, 6.07) is 9.88. The molecule has 12 heteroatoms. The molecule has 1 aromatic carbocycles. The SMILES string of the molecule is Cc1cc(NC(=O)CSc2nc3cc(C(=O)NC[C@@H]4CCCO4)ccc3c(=O)n2Cc2ccco2)no1. The van der Waals surface area contributed by atoms with Crippen LogP contribution in [0.3, 0.4) is 0 Å². The Bertz CT molecular complexity index is 1470. The van der Waals surface area contributed by atoms with Crippen LogP contribution in [0.1, 0.15) is 34.7 Å². The third-order valence-electron chi connectivity index (χ3n) is 5.82. The lowest BCUT2D eigenvalue weighted by Crippen LogP contribution is -2.31. The van der Waals surface area contributed by atoms with Crippen LogP contribution in [0, 0.1) is 6.92 Å². The topological polar surface area (TPSA) is 141 Å². The Morgan fingerprint density at radius 2 is 2.14 bits per heavy atom. The van der Waals surface area contributed by atoms with Gasteiger partial charge in [-0.15, -0.1) is 0 Å². The van der Waals surface area contributed by atoms with Crippen LogP contribution in [-0.2, 0) is 16.1 Å². The van der Waals surface area contributed by atoms with E-state index in [2.05, 4.69) is 20.8 Å². The molecule has 0 spiro atoms.